The summed E-state index contributed by atoms with van der Waals surface area (Å²) in [7, 11) is -3.43. The molecule has 0 saturated heterocycles. The summed E-state index contributed by atoms with van der Waals surface area (Å²) in [4.78, 5) is 0.297. The van der Waals surface area contributed by atoms with E-state index in [1.165, 1.54) is 0 Å². The molecule has 0 bridgehead atoms. The fraction of sp³-hybridized carbons (Fsp3) is 0.250. The Hall–Kier alpha value is -1.52. The summed E-state index contributed by atoms with van der Waals surface area (Å²) < 4.78 is 24.9. The normalized spacial score (nSPS) is 11.8. The minimum Gasteiger partial charge on any atom is -0.398 e. The van der Waals surface area contributed by atoms with Crippen molar-refractivity contribution in [3.05, 3.63) is 58.6 Å². The van der Waals surface area contributed by atoms with Gasteiger partial charge in [0, 0.05) is 10.7 Å². The molecule has 0 fully saturated rings. The van der Waals surface area contributed by atoms with Gasteiger partial charge in [0.1, 0.15) is 0 Å². The highest BCUT2D eigenvalue weighted by Gasteiger charge is 2.17. The molecule has 3 nitrogen and oxygen atoms in total. The number of hydrogen-bond acceptors (Lipinski definition) is 3. The zero-order chi connectivity index (χ0) is 15.6. The summed E-state index contributed by atoms with van der Waals surface area (Å²) in [5.41, 5.74) is 7.88. The molecule has 0 aliphatic heterocycles. The lowest BCUT2D eigenvalue weighted by Crippen LogP contribution is -2.07. The number of nitrogen functional groups attached to an aromatic ring is 1. The van der Waals surface area contributed by atoms with Crippen molar-refractivity contribution in [2.75, 3.05) is 5.73 Å². The summed E-state index contributed by atoms with van der Waals surface area (Å²) in [5, 5.41) is 0.476. The quantitative estimate of drug-likeness (QED) is 0.864. The smallest absolute Gasteiger partial charge is 0.182 e. The molecule has 2 rings (SSSR count). The molecule has 21 heavy (non-hydrogen) atoms. The van der Waals surface area contributed by atoms with Crippen LogP contribution in [-0.4, -0.2) is 8.42 Å². The monoisotopic (exact) mass is 323 g/mol. The van der Waals surface area contributed by atoms with Gasteiger partial charge in [-0.15, -0.1) is 0 Å². The maximum absolute atomic E-state index is 12.4. The van der Waals surface area contributed by atoms with Gasteiger partial charge in [-0.2, -0.15) is 0 Å². The number of anilines is 1. The largest absolute Gasteiger partial charge is 0.398 e. The standard InChI is InChI=1S/C16H18ClNO2S/c1-11(2)12-3-6-15(7-4-12)21(19,20)10-13-9-14(17)5-8-16(13)18/h3-9,11H,10,18H2,1-2H3. The number of rotatable bonds is 4. The number of benzene rings is 2. The van der Waals surface area contributed by atoms with Gasteiger partial charge in [-0.1, -0.05) is 37.6 Å². The Morgan fingerprint density at radius 1 is 1.10 bits per heavy atom. The zero-order valence-electron chi connectivity index (χ0n) is 12.0. The van der Waals surface area contributed by atoms with Crippen molar-refractivity contribution in [2.45, 2.75) is 30.4 Å². The topological polar surface area (TPSA) is 60.2 Å². The molecule has 0 spiro atoms. The van der Waals surface area contributed by atoms with Gasteiger partial charge in [-0.25, -0.2) is 8.42 Å². The molecule has 2 aromatic rings. The molecule has 0 aromatic heterocycles. The van der Waals surface area contributed by atoms with Gasteiger partial charge >= 0.3 is 0 Å². The predicted octanol–water partition coefficient (Wildman–Crippen LogP) is 4.02. The average Bonchev–Trinajstić information content (AvgIpc) is 2.43. The Kier molecular flexibility index (Phi) is 4.59. The summed E-state index contributed by atoms with van der Waals surface area (Å²) in [6.45, 7) is 4.13. The highest BCUT2D eigenvalue weighted by atomic mass is 35.5. The highest BCUT2D eigenvalue weighted by Crippen LogP contribution is 2.24. The fourth-order valence-corrected chi connectivity index (χ4v) is 3.62. The number of sulfone groups is 1. The van der Waals surface area contributed by atoms with Crippen LogP contribution in [0, 0.1) is 0 Å². The van der Waals surface area contributed by atoms with Gasteiger partial charge in [0.15, 0.2) is 9.84 Å². The van der Waals surface area contributed by atoms with E-state index >= 15 is 0 Å². The number of nitrogens with two attached hydrogens (primary N) is 1. The van der Waals surface area contributed by atoms with Gasteiger partial charge in [-0.05, 0) is 47.4 Å². The molecule has 0 unspecified atom stereocenters. The van der Waals surface area contributed by atoms with Crippen LogP contribution in [0.3, 0.4) is 0 Å². The van der Waals surface area contributed by atoms with E-state index in [-0.39, 0.29) is 5.75 Å². The van der Waals surface area contributed by atoms with E-state index in [2.05, 4.69) is 13.8 Å². The van der Waals surface area contributed by atoms with Crippen LogP contribution in [0.25, 0.3) is 0 Å². The molecule has 112 valence electrons. The molecule has 0 amide bonds. The van der Waals surface area contributed by atoms with E-state index in [9.17, 15) is 8.42 Å². The maximum Gasteiger partial charge on any atom is 0.182 e. The molecule has 5 heteroatoms. The van der Waals surface area contributed by atoms with Gasteiger partial charge < -0.3 is 5.73 Å². The first-order chi connectivity index (χ1) is 9.79. The summed E-state index contributed by atoms with van der Waals surface area (Å²) in [5.74, 6) is 0.214. The molecule has 0 heterocycles. The van der Waals surface area contributed by atoms with E-state index in [0.29, 0.717) is 27.1 Å². The van der Waals surface area contributed by atoms with E-state index in [0.717, 1.165) is 5.56 Å². The Morgan fingerprint density at radius 2 is 1.71 bits per heavy atom. The SMILES string of the molecule is CC(C)c1ccc(S(=O)(=O)Cc2cc(Cl)ccc2N)cc1. The zero-order valence-corrected chi connectivity index (χ0v) is 13.6. The molecule has 0 atom stereocenters. The van der Waals surface area contributed by atoms with Gasteiger partial charge in [0.2, 0.25) is 0 Å². The molecule has 0 aliphatic rings. The van der Waals surface area contributed by atoms with Gasteiger partial charge in [0.25, 0.3) is 0 Å². The van der Waals surface area contributed by atoms with Crippen LogP contribution in [0.1, 0.15) is 30.9 Å². The van der Waals surface area contributed by atoms with E-state index in [1.54, 1.807) is 30.3 Å². The first kappa shape index (κ1) is 15.9. The Bertz CT molecular complexity index is 737. The van der Waals surface area contributed by atoms with Crippen molar-refractivity contribution in [1.82, 2.24) is 0 Å². The van der Waals surface area contributed by atoms with Crippen molar-refractivity contribution in [3.63, 3.8) is 0 Å². The fourth-order valence-electron chi connectivity index (χ4n) is 2.05. The molecule has 0 saturated carbocycles. The molecule has 2 aromatic carbocycles. The number of hydrogen-bond donors (Lipinski definition) is 1. The van der Waals surface area contributed by atoms with Crippen LogP contribution in [0.4, 0.5) is 5.69 Å². The van der Waals surface area contributed by atoms with Crippen molar-refractivity contribution in [1.29, 1.82) is 0 Å². The molecule has 2 N–H and O–H groups in total. The Morgan fingerprint density at radius 3 is 2.29 bits per heavy atom. The lowest BCUT2D eigenvalue weighted by Gasteiger charge is -2.10. The minimum atomic E-state index is -3.43. The van der Waals surface area contributed by atoms with Crippen LogP contribution in [0.5, 0.6) is 0 Å². The van der Waals surface area contributed by atoms with Crippen LogP contribution < -0.4 is 5.73 Å². The summed E-state index contributed by atoms with van der Waals surface area (Å²) >= 11 is 5.90. The summed E-state index contributed by atoms with van der Waals surface area (Å²) in [6, 6.07) is 11.8. The molecular weight excluding hydrogens is 306 g/mol. The third kappa shape index (κ3) is 3.77. The van der Waals surface area contributed by atoms with E-state index < -0.39 is 9.84 Å². The van der Waals surface area contributed by atoms with Crippen LogP contribution >= 0.6 is 11.6 Å². The Balaban J connectivity index is 2.31. The Labute approximate surface area is 130 Å². The van der Waals surface area contributed by atoms with Gasteiger partial charge in [-0.3, -0.25) is 0 Å². The van der Waals surface area contributed by atoms with E-state index in [1.807, 2.05) is 12.1 Å². The maximum atomic E-state index is 12.4. The highest BCUT2D eigenvalue weighted by molar-refractivity contribution is 7.90. The lowest BCUT2D eigenvalue weighted by molar-refractivity contribution is 0.595. The third-order valence-corrected chi connectivity index (χ3v) is 5.27. The second-order valence-electron chi connectivity index (χ2n) is 5.33. The van der Waals surface area contributed by atoms with Crippen LogP contribution in [0.2, 0.25) is 5.02 Å². The second kappa shape index (κ2) is 6.08. The predicted molar refractivity (Wildman–Crippen MR) is 87.3 cm³/mol. The van der Waals surface area contributed by atoms with Crippen LogP contribution in [0.15, 0.2) is 47.4 Å². The van der Waals surface area contributed by atoms with Gasteiger partial charge in [0.05, 0.1) is 10.6 Å². The van der Waals surface area contributed by atoms with E-state index in [4.69, 9.17) is 17.3 Å². The van der Waals surface area contributed by atoms with Crippen LogP contribution in [-0.2, 0) is 15.6 Å². The summed E-state index contributed by atoms with van der Waals surface area (Å²) in [6.07, 6.45) is 0. The number of halogens is 1. The van der Waals surface area contributed by atoms with Crippen molar-refractivity contribution in [3.8, 4) is 0 Å². The molecule has 0 aliphatic carbocycles. The van der Waals surface area contributed by atoms with Crippen molar-refractivity contribution < 1.29 is 8.42 Å². The first-order valence-electron chi connectivity index (χ1n) is 6.66. The lowest BCUT2D eigenvalue weighted by atomic mass is 10.0. The average molecular weight is 324 g/mol. The molecule has 0 radical (unpaired) electrons. The van der Waals surface area contributed by atoms with Crippen molar-refractivity contribution >= 4 is 27.1 Å². The van der Waals surface area contributed by atoms with Crippen molar-refractivity contribution in [2.24, 2.45) is 0 Å². The molecular formula is C16H18ClNO2S. The minimum absolute atomic E-state index is 0.152. The second-order valence-corrected chi connectivity index (χ2v) is 7.75. The third-order valence-electron chi connectivity index (χ3n) is 3.36. The first-order valence-corrected chi connectivity index (χ1v) is 8.69.